The SMILES string of the molecule is CCC1(C)CN(CCOC(C)(C)C)C(CC)(CC)CN1. The van der Waals surface area contributed by atoms with Gasteiger partial charge in [0.25, 0.3) is 0 Å². The molecule has 1 fully saturated rings. The zero-order valence-electron chi connectivity index (χ0n) is 14.8. The van der Waals surface area contributed by atoms with Crippen molar-refractivity contribution in [3.05, 3.63) is 0 Å². The predicted octanol–water partition coefficient (Wildman–Crippen LogP) is 3.43. The summed E-state index contributed by atoms with van der Waals surface area (Å²) in [5.74, 6) is 0. The van der Waals surface area contributed by atoms with Crippen LogP contribution in [-0.2, 0) is 4.74 Å². The maximum Gasteiger partial charge on any atom is 0.0600 e. The molecule has 3 nitrogen and oxygen atoms in total. The van der Waals surface area contributed by atoms with Gasteiger partial charge in [0.15, 0.2) is 0 Å². The highest BCUT2D eigenvalue weighted by atomic mass is 16.5. The second-order valence-corrected chi connectivity index (χ2v) is 7.58. The summed E-state index contributed by atoms with van der Waals surface area (Å²) in [5.41, 5.74) is 0.509. The van der Waals surface area contributed by atoms with Crippen LogP contribution in [0.25, 0.3) is 0 Å². The fourth-order valence-corrected chi connectivity index (χ4v) is 3.10. The van der Waals surface area contributed by atoms with Crippen LogP contribution >= 0.6 is 0 Å². The van der Waals surface area contributed by atoms with E-state index in [0.29, 0.717) is 5.54 Å². The first kappa shape index (κ1) is 17.9. The van der Waals surface area contributed by atoms with Gasteiger partial charge in [-0.3, -0.25) is 4.90 Å². The van der Waals surface area contributed by atoms with E-state index in [-0.39, 0.29) is 11.1 Å². The van der Waals surface area contributed by atoms with Crippen molar-refractivity contribution >= 4 is 0 Å². The summed E-state index contributed by atoms with van der Waals surface area (Å²) in [6, 6.07) is 0. The molecule has 1 heterocycles. The van der Waals surface area contributed by atoms with Gasteiger partial charge in [-0.15, -0.1) is 0 Å². The van der Waals surface area contributed by atoms with Gasteiger partial charge in [0.2, 0.25) is 0 Å². The lowest BCUT2D eigenvalue weighted by molar-refractivity contribution is -0.0516. The molecule has 3 heteroatoms. The van der Waals surface area contributed by atoms with Crippen LogP contribution in [0.3, 0.4) is 0 Å². The van der Waals surface area contributed by atoms with Crippen LogP contribution in [0.4, 0.5) is 0 Å². The summed E-state index contributed by atoms with van der Waals surface area (Å²) in [6.45, 7) is 19.7. The smallest absolute Gasteiger partial charge is 0.0600 e. The number of piperazine rings is 1. The Kier molecular flexibility index (Phi) is 6.06. The Morgan fingerprint density at radius 1 is 1.10 bits per heavy atom. The molecule has 0 aromatic heterocycles. The molecular weight excluding hydrogens is 248 g/mol. The molecular formula is C17H36N2O. The summed E-state index contributed by atoms with van der Waals surface area (Å²) < 4.78 is 5.95. The topological polar surface area (TPSA) is 24.5 Å². The van der Waals surface area contributed by atoms with Crippen LogP contribution < -0.4 is 5.32 Å². The summed E-state index contributed by atoms with van der Waals surface area (Å²) >= 11 is 0. The van der Waals surface area contributed by atoms with Crippen molar-refractivity contribution in [3.8, 4) is 0 Å². The van der Waals surface area contributed by atoms with Gasteiger partial charge in [-0.05, 0) is 47.0 Å². The zero-order valence-corrected chi connectivity index (χ0v) is 14.8. The molecule has 0 saturated carbocycles. The van der Waals surface area contributed by atoms with E-state index in [4.69, 9.17) is 4.74 Å². The van der Waals surface area contributed by atoms with Crippen molar-refractivity contribution in [1.29, 1.82) is 0 Å². The molecule has 1 rings (SSSR count). The number of hydrogen-bond acceptors (Lipinski definition) is 3. The lowest BCUT2D eigenvalue weighted by atomic mass is 9.82. The van der Waals surface area contributed by atoms with Crippen molar-refractivity contribution < 1.29 is 4.74 Å². The minimum atomic E-state index is -0.0385. The molecule has 0 bridgehead atoms. The Balaban J connectivity index is 2.72. The van der Waals surface area contributed by atoms with E-state index in [1.807, 2.05) is 0 Å². The Hall–Kier alpha value is -0.120. The highest BCUT2D eigenvalue weighted by Crippen LogP contribution is 2.31. The van der Waals surface area contributed by atoms with E-state index >= 15 is 0 Å². The lowest BCUT2D eigenvalue weighted by Crippen LogP contribution is -2.69. The number of rotatable bonds is 6. The van der Waals surface area contributed by atoms with Gasteiger partial charge in [-0.2, -0.15) is 0 Å². The predicted molar refractivity (Wildman–Crippen MR) is 87.3 cm³/mol. The fraction of sp³-hybridized carbons (Fsp3) is 1.00. The van der Waals surface area contributed by atoms with Gasteiger partial charge in [0.1, 0.15) is 0 Å². The Labute approximate surface area is 126 Å². The molecule has 0 aromatic carbocycles. The van der Waals surface area contributed by atoms with Crippen molar-refractivity contribution in [2.75, 3.05) is 26.2 Å². The Morgan fingerprint density at radius 3 is 2.15 bits per heavy atom. The third-order valence-corrected chi connectivity index (χ3v) is 5.05. The average Bonchev–Trinajstić information content (AvgIpc) is 2.38. The van der Waals surface area contributed by atoms with Gasteiger partial charge in [-0.1, -0.05) is 20.8 Å². The molecule has 0 amide bonds. The second-order valence-electron chi connectivity index (χ2n) is 7.58. The molecule has 20 heavy (non-hydrogen) atoms. The second kappa shape index (κ2) is 6.76. The molecule has 120 valence electrons. The Morgan fingerprint density at radius 2 is 1.70 bits per heavy atom. The van der Waals surface area contributed by atoms with Gasteiger partial charge < -0.3 is 10.1 Å². The monoisotopic (exact) mass is 284 g/mol. The molecule has 1 saturated heterocycles. The van der Waals surface area contributed by atoms with Gasteiger partial charge in [0, 0.05) is 30.7 Å². The van der Waals surface area contributed by atoms with E-state index in [1.54, 1.807) is 0 Å². The summed E-state index contributed by atoms with van der Waals surface area (Å²) in [7, 11) is 0. The maximum atomic E-state index is 5.95. The van der Waals surface area contributed by atoms with E-state index in [9.17, 15) is 0 Å². The van der Waals surface area contributed by atoms with Crippen LogP contribution in [0.2, 0.25) is 0 Å². The molecule has 1 atom stereocenters. The minimum Gasteiger partial charge on any atom is -0.375 e. The third-order valence-electron chi connectivity index (χ3n) is 5.05. The molecule has 0 spiro atoms. The number of ether oxygens (including phenoxy) is 1. The van der Waals surface area contributed by atoms with E-state index in [1.165, 1.54) is 19.3 Å². The minimum absolute atomic E-state index is 0.0385. The van der Waals surface area contributed by atoms with E-state index in [0.717, 1.165) is 26.2 Å². The van der Waals surface area contributed by atoms with Crippen LogP contribution in [0.1, 0.15) is 67.7 Å². The molecule has 1 N–H and O–H groups in total. The third kappa shape index (κ3) is 4.44. The lowest BCUT2D eigenvalue weighted by Gasteiger charge is -2.53. The highest BCUT2D eigenvalue weighted by molar-refractivity contribution is 5.02. The number of nitrogens with zero attached hydrogens (tertiary/aromatic N) is 1. The average molecular weight is 284 g/mol. The fourth-order valence-electron chi connectivity index (χ4n) is 3.10. The maximum absolute atomic E-state index is 5.95. The molecule has 0 aliphatic carbocycles. The van der Waals surface area contributed by atoms with E-state index in [2.05, 4.69) is 58.7 Å². The standard InChI is InChI=1S/C17H36N2O/c1-8-16(7)14-19(11-12-20-15(4,5)6)17(9-2,10-3)13-18-16/h18H,8-14H2,1-7H3. The molecule has 1 aliphatic heterocycles. The van der Waals surface area contributed by atoms with Gasteiger partial charge in [-0.25, -0.2) is 0 Å². The van der Waals surface area contributed by atoms with Crippen molar-refractivity contribution in [1.82, 2.24) is 10.2 Å². The van der Waals surface area contributed by atoms with Crippen molar-refractivity contribution in [2.45, 2.75) is 84.4 Å². The van der Waals surface area contributed by atoms with Crippen LogP contribution in [0, 0.1) is 0 Å². The van der Waals surface area contributed by atoms with Crippen molar-refractivity contribution in [3.63, 3.8) is 0 Å². The largest absolute Gasteiger partial charge is 0.375 e. The molecule has 0 aromatic rings. The molecule has 1 aliphatic rings. The summed E-state index contributed by atoms with van der Waals surface area (Å²) in [6.07, 6.45) is 3.57. The zero-order chi connectivity index (χ0) is 15.4. The Bertz CT molecular complexity index is 294. The van der Waals surface area contributed by atoms with Crippen molar-refractivity contribution in [2.24, 2.45) is 0 Å². The van der Waals surface area contributed by atoms with Gasteiger partial charge >= 0.3 is 0 Å². The van der Waals surface area contributed by atoms with Crippen LogP contribution in [0.15, 0.2) is 0 Å². The highest BCUT2D eigenvalue weighted by Gasteiger charge is 2.42. The van der Waals surface area contributed by atoms with Crippen LogP contribution in [0.5, 0.6) is 0 Å². The van der Waals surface area contributed by atoms with Crippen LogP contribution in [-0.4, -0.2) is 47.8 Å². The normalized spacial score (nSPS) is 27.8. The summed E-state index contributed by atoms with van der Waals surface area (Å²) in [4.78, 5) is 2.68. The molecule has 1 unspecified atom stereocenters. The first-order valence-corrected chi connectivity index (χ1v) is 8.34. The number of nitrogens with one attached hydrogen (secondary N) is 1. The molecule has 0 radical (unpaired) electrons. The quantitative estimate of drug-likeness (QED) is 0.808. The first-order chi connectivity index (χ1) is 9.20. The summed E-state index contributed by atoms with van der Waals surface area (Å²) in [5, 5.41) is 3.79. The van der Waals surface area contributed by atoms with Gasteiger partial charge in [0.05, 0.1) is 12.2 Å². The number of hydrogen-bond donors (Lipinski definition) is 1. The van der Waals surface area contributed by atoms with E-state index < -0.39 is 0 Å². The first-order valence-electron chi connectivity index (χ1n) is 8.34.